The number of aryl methyl sites for hydroxylation is 1. The van der Waals surface area contributed by atoms with Gasteiger partial charge in [0.15, 0.2) is 5.82 Å². The molecular formula is C20H23N3O3S. The van der Waals surface area contributed by atoms with Crippen LogP contribution in [-0.2, 0) is 10.0 Å². The van der Waals surface area contributed by atoms with Gasteiger partial charge in [-0.25, -0.2) is 8.42 Å². The Morgan fingerprint density at radius 1 is 1.11 bits per heavy atom. The number of hydrogen-bond acceptors (Lipinski definition) is 4. The Morgan fingerprint density at radius 3 is 2.52 bits per heavy atom. The standard InChI is InChI=1S/C20H23N3O3S/c1-13(2)15-9-10-18(26-4)19(11-15)27(24,25)23-20-12-17(21-22-20)16-8-6-5-7-14(16)3/h5-13H,1-4H3,(H2,21,22,23). The first-order valence-corrected chi connectivity index (χ1v) is 10.1. The van der Waals surface area contributed by atoms with E-state index in [9.17, 15) is 8.42 Å². The maximum absolute atomic E-state index is 12.9. The molecule has 0 unspecified atom stereocenters. The van der Waals surface area contributed by atoms with Gasteiger partial charge in [0.05, 0.1) is 12.8 Å². The van der Waals surface area contributed by atoms with Crippen molar-refractivity contribution in [1.82, 2.24) is 10.2 Å². The fraction of sp³-hybridized carbons (Fsp3) is 0.250. The zero-order valence-corrected chi connectivity index (χ0v) is 16.6. The number of aromatic nitrogens is 2. The van der Waals surface area contributed by atoms with Crippen molar-refractivity contribution in [2.24, 2.45) is 0 Å². The minimum absolute atomic E-state index is 0.0941. The summed E-state index contributed by atoms with van der Waals surface area (Å²) in [6.07, 6.45) is 0. The van der Waals surface area contributed by atoms with Crippen molar-refractivity contribution < 1.29 is 13.2 Å². The van der Waals surface area contributed by atoms with E-state index in [1.165, 1.54) is 7.11 Å². The molecule has 0 amide bonds. The smallest absolute Gasteiger partial charge is 0.266 e. The highest BCUT2D eigenvalue weighted by Crippen LogP contribution is 2.30. The minimum atomic E-state index is -3.85. The molecule has 0 aliphatic heterocycles. The molecule has 142 valence electrons. The van der Waals surface area contributed by atoms with E-state index < -0.39 is 10.0 Å². The highest BCUT2D eigenvalue weighted by molar-refractivity contribution is 7.92. The van der Waals surface area contributed by atoms with Gasteiger partial charge in [0.1, 0.15) is 10.6 Å². The Morgan fingerprint density at radius 2 is 1.85 bits per heavy atom. The Labute approximate surface area is 159 Å². The molecule has 0 fully saturated rings. The van der Waals surface area contributed by atoms with Crippen molar-refractivity contribution in [3.05, 3.63) is 59.7 Å². The summed E-state index contributed by atoms with van der Waals surface area (Å²) < 4.78 is 33.6. The van der Waals surface area contributed by atoms with Crippen LogP contribution in [0, 0.1) is 6.92 Å². The molecule has 0 saturated carbocycles. The molecular weight excluding hydrogens is 362 g/mol. The van der Waals surface area contributed by atoms with Crippen molar-refractivity contribution in [2.45, 2.75) is 31.6 Å². The van der Waals surface area contributed by atoms with Crippen LogP contribution in [0.25, 0.3) is 11.3 Å². The van der Waals surface area contributed by atoms with E-state index in [0.717, 1.165) is 22.4 Å². The van der Waals surface area contributed by atoms with Crippen molar-refractivity contribution in [1.29, 1.82) is 0 Å². The minimum Gasteiger partial charge on any atom is -0.495 e. The molecule has 7 heteroatoms. The quantitative estimate of drug-likeness (QED) is 0.662. The predicted octanol–water partition coefficient (Wildman–Crippen LogP) is 4.32. The summed E-state index contributed by atoms with van der Waals surface area (Å²) in [5.74, 6) is 0.717. The Bertz CT molecular complexity index is 1060. The van der Waals surface area contributed by atoms with Crippen LogP contribution in [0.15, 0.2) is 53.4 Å². The summed E-state index contributed by atoms with van der Waals surface area (Å²) in [5, 5.41) is 6.99. The second-order valence-corrected chi connectivity index (χ2v) is 8.30. The van der Waals surface area contributed by atoms with Crippen LogP contribution in [-0.4, -0.2) is 25.7 Å². The number of anilines is 1. The van der Waals surface area contributed by atoms with E-state index in [0.29, 0.717) is 5.75 Å². The van der Waals surface area contributed by atoms with E-state index in [1.807, 2.05) is 51.1 Å². The van der Waals surface area contributed by atoms with Gasteiger partial charge in [-0.2, -0.15) is 5.10 Å². The van der Waals surface area contributed by atoms with Crippen LogP contribution in [0.1, 0.15) is 30.9 Å². The summed E-state index contributed by atoms with van der Waals surface area (Å²) in [4.78, 5) is 0.0941. The van der Waals surface area contributed by atoms with E-state index in [-0.39, 0.29) is 16.6 Å². The second kappa shape index (κ2) is 7.44. The van der Waals surface area contributed by atoms with E-state index >= 15 is 0 Å². The fourth-order valence-electron chi connectivity index (χ4n) is 2.84. The molecule has 1 aromatic heterocycles. The third-order valence-corrected chi connectivity index (χ3v) is 5.77. The summed E-state index contributed by atoms with van der Waals surface area (Å²) in [6, 6.07) is 14.7. The van der Waals surface area contributed by atoms with Crippen LogP contribution < -0.4 is 9.46 Å². The Kier molecular flexibility index (Phi) is 5.23. The van der Waals surface area contributed by atoms with Crippen LogP contribution in [0.2, 0.25) is 0 Å². The number of sulfonamides is 1. The molecule has 0 spiro atoms. The predicted molar refractivity (Wildman–Crippen MR) is 107 cm³/mol. The molecule has 0 saturated heterocycles. The van der Waals surface area contributed by atoms with Crippen LogP contribution >= 0.6 is 0 Å². The first kappa shape index (κ1) is 19.0. The highest BCUT2D eigenvalue weighted by atomic mass is 32.2. The Hall–Kier alpha value is -2.80. The topological polar surface area (TPSA) is 84.1 Å². The molecule has 27 heavy (non-hydrogen) atoms. The largest absolute Gasteiger partial charge is 0.495 e. The van der Waals surface area contributed by atoms with Crippen LogP contribution in [0.4, 0.5) is 5.82 Å². The number of aromatic amines is 1. The lowest BCUT2D eigenvalue weighted by Gasteiger charge is -2.13. The van der Waals surface area contributed by atoms with Crippen molar-refractivity contribution >= 4 is 15.8 Å². The molecule has 3 rings (SSSR count). The van der Waals surface area contributed by atoms with Crippen molar-refractivity contribution in [2.75, 3.05) is 11.8 Å². The van der Waals surface area contributed by atoms with Crippen molar-refractivity contribution in [3.63, 3.8) is 0 Å². The van der Waals surface area contributed by atoms with Crippen LogP contribution in [0.5, 0.6) is 5.75 Å². The summed E-state index contributed by atoms with van der Waals surface area (Å²) in [7, 11) is -2.40. The normalized spacial score (nSPS) is 11.6. The molecule has 0 radical (unpaired) electrons. The van der Waals surface area contributed by atoms with Crippen LogP contribution in [0.3, 0.4) is 0 Å². The van der Waals surface area contributed by atoms with Gasteiger partial charge in [0.2, 0.25) is 0 Å². The number of nitrogens with one attached hydrogen (secondary N) is 2. The lowest BCUT2D eigenvalue weighted by atomic mass is 10.0. The highest BCUT2D eigenvalue weighted by Gasteiger charge is 2.22. The average Bonchev–Trinajstić information content (AvgIpc) is 3.08. The maximum atomic E-state index is 12.9. The Balaban J connectivity index is 1.94. The molecule has 2 N–H and O–H groups in total. The van der Waals surface area contributed by atoms with Gasteiger partial charge in [-0.1, -0.05) is 44.2 Å². The first-order chi connectivity index (χ1) is 12.8. The number of benzene rings is 2. The average molecular weight is 385 g/mol. The number of ether oxygens (including phenoxy) is 1. The molecule has 2 aromatic carbocycles. The summed E-state index contributed by atoms with van der Waals surface area (Å²) in [5.41, 5.74) is 3.70. The molecule has 1 heterocycles. The van der Waals surface area contributed by atoms with Gasteiger partial charge >= 0.3 is 0 Å². The number of nitrogens with zero attached hydrogens (tertiary/aromatic N) is 1. The van der Waals surface area contributed by atoms with E-state index in [1.54, 1.807) is 18.2 Å². The third kappa shape index (κ3) is 3.98. The lowest BCUT2D eigenvalue weighted by Crippen LogP contribution is -2.15. The zero-order chi connectivity index (χ0) is 19.6. The first-order valence-electron chi connectivity index (χ1n) is 8.64. The van der Waals surface area contributed by atoms with E-state index in [2.05, 4.69) is 14.9 Å². The number of H-pyrrole nitrogens is 1. The van der Waals surface area contributed by atoms with Gasteiger partial charge in [0, 0.05) is 11.6 Å². The second-order valence-electron chi connectivity index (χ2n) is 6.65. The fourth-order valence-corrected chi connectivity index (χ4v) is 4.04. The van der Waals surface area contributed by atoms with Gasteiger partial charge in [-0.05, 0) is 36.1 Å². The molecule has 6 nitrogen and oxygen atoms in total. The van der Waals surface area contributed by atoms with Gasteiger partial charge in [-0.3, -0.25) is 9.82 Å². The summed E-state index contributed by atoms with van der Waals surface area (Å²) in [6.45, 7) is 6.00. The molecule has 0 aliphatic rings. The lowest BCUT2D eigenvalue weighted by molar-refractivity contribution is 0.402. The maximum Gasteiger partial charge on any atom is 0.266 e. The summed E-state index contributed by atoms with van der Waals surface area (Å²) >= 11 is 0. The third-order valence-electron chi connectivity index (χ3n) is 4.40. The molecule has 3 aromatic rings. The number of rotatable bonds is 6. The number of methoxy groups -OCH3 is 1. The molecule has 0 atom stereocenters. The number of hydrogen-bond donors (Lipinski definition) is 2. The van der Waals surface area contributed by atoms with Gasteiger partial charge < -0.3 is 4.74 Å². The van der Waals surface area contributed by atoms with Gasteiger partial charge in [0.25, 0.3) is 10.0 Å². The monoisotopic (exact) mass is 385 g/mol. The van der Waals surface area contributed by atoms with Gasteiger partial charge in [-0.15, -0.1) is 0 Å². The molecule has 0 bridgehead atoms. The van der Waals surface area contributed by atoms with E-state index in [4.69, 9.17) is 4.74 Å². The molecule has 0 aliphatic carbocycles. The zero-order valence-electron chi connectivity index (χ0n) is 15.8. The SMILES string of the molecule is COc1ccc(C(C)C)cc1S(=O)(=O)Nc1cc(-c2ccccc2C)[nH]n1. The van der Waals surface area contributed by atoms with Crippen molar-refractivity contribution in [3.8, 4) is 17.0 Å².